The number of nitrogens with two attached hydrogens (primary N) is 1. The van der Waals surface area contributed by atoms with Crippen LogP contribution in [0.5, 0.6) is 0 Å². The second-order valence-electron chi connectivity index (χ2n) is 4.81. The van der Waals surface area contributed by atoms with Crippen LogP contribution in [0, 0.1) is 5.82 Å². The molecule has 7 heteroatoms. The summed E-state index contributed by atoms with van der Waals surface area (Å²) in [6.45, 7) is 0. The highest BCUT2D eigenvalue weighted by Gasteiger charge is 2.26. The van der Waals surface area contributed by atoms with Gasteiger partial charge in [-0.05, 0) is 43.9 Å². The number of nitrogens with one attached hydrogen (secondary N) is 1. The van der Waals surface area contributed by atoms with Gasteiger partial charge in [0.1, 0.15) is 10.7 Å². The topological polar surface area (TPSA) is 72.2 Å². The van der Waals surface area contributed by atoms with Crippen molar-refractivity contribution in [2.45, 2.75) is 42.7 Å². The van der Waals surface area contributed by atoms with Crippen molar-refractivity contribution in [1.82, 2.24) is 4.72 Å². The molecule has 0 aromatic heterocycles. The summed E-state index contributed by atoms with van der Waals surface area (Å²) in [6, 6.07) is 3.90. The maximum atomic E-state index is 13.7. The monoisotopic (exact) mass is 350 g/mol. The minimum absolute atomic E-state index is 0.144. The Bertz CT molecular complexity index is 557. The third-order valence-corrected chi connectivity index (χ3v) is 5.32. The molecule has 1 aliphatic rings. The highest BCUT2D eigenvalue weighted by molar-refractivity contribution is 9.10. The van der Waals surface area contributed by atoms with E-state index in [4.69, 9.17) is 5.73 Å². The maximum absolute atomic E-state index is 13.7. The first kappa shape index (κ1) is 14.9. The van der Waals surface area contributed by atoms with Crippen LogP contribution in [-0.2, 0) is 10.0 Å². The van der Waals surface area contributed by atoms with Crippen LogP contribution in [-0.4, -0.2) is 20.5 Å². The number of sulfonamides is 1. The molecule has 0 bridgehead atoms. The Morgan fingerprint density at radius 1 is 1.26 bits per heavy atom. The van der Waals surface area contributed by atoms with Gasteiger partial charge in [-0.3, -0.25) is 0 Å². The SMILES string of the molecule is NC1CCC(NS(=O)(=O)c2ccc(Br)cc2F)CC1. The zero-order valence-corrected chi connectivity index (χ0v) is 12.7. The van der Waals surface area contributed by atoms with Gasteiger partial charge in [0.2, 0.25) is 10.0 Å². The molecule has 0 amide bonds. The van der Waals surface area contributed by atoms with Gasteiger partial charge in [0.15, 0.2) is 0 Å². The molecule has 0 aliphatic heterocycles. The van der Waals surface area contributed by atoms with E-state index in [-0.39, 0.29) is 17.0 Å². The Kier molecular flexibility index (Phi) is 4.60. The second kappa shape index (κ2) is 5.87. The van der Waals surface area contributed by atoms with Gasteiger partial charge in [-0.25, -0.2) is 17.5 Å². The first-order chi connectivity index (χ1) is 8.88. The van der Waals surface area contributed by atoms with Gasteiger partial charge in [-0.15, -0.1) is 0 Å². The number of rotatable bonds is 3. The molecule has 3 N–H and O–H groups in total. The van der Waals surface area contributed by atoms with E-state index in [9.17, 15) is 12.8 Å². The van der Waals surface area contributed by atoms with Crippen LogP contribution in [0.25, 0.3) is 0 Å². The molecule has 0 unspecified atom stereocenters. The zero-order valence-electron chi connectivity index (χ0n) is 10.3. The average molecular weight is 351 g/mol. The molecule has 0 heterocycles. The van der Waals surface area contributed by atoms with Gasteiger partial charge in [-0.1, -0.05) is 15.9 Å². The van der Waals surface area contributed by atoms with Crippen LogP contribution in [0.15, 0.2) is 27.6 Å². The number of halogens is 2. The smallest absolute Gasteiger partial charge is 0.243 e. The fourth-order valence-corrected chi connectivity index (χ4v) is 3.91. The van der Waals surface area contributed by atoms with Crippen LogP contribution >= 0.6 is 15.9 Å². The summed E-state index contributed by atoms with van der Waals surface area (Å²) in [5, 5.41) is 0. The van der Waals surface area contributed by atoms with E-state index < -0.39 is 15.8 Å². The zero-order chi connectivity index (χ0) is 14.0. The van der Waals surface area contributed by atoms with Crippen molar-refractivity contribution in [2.24, 2.45) is 5.73 Å². The molecule has 19 heavy (non-hydrogen) atoms. The molecule has 2 rings (SSSR count). The van der Waals surface area contributed by atoms with E-state index in [0.717, 1.165) is 18.9 Å². The van der Waals surface area contributed by atoms with Crippen molar-refractivity contribution in [3.05, 3.63) is 28.5 Å². The summed E-state index contributed by atoms with van der Waals surface area (Å²) < 4.78 is 41.0. The summed E-state index contributed by atoms with van der Waals surface area (Å²) >= 11 is 3.10. The van der Waals surface area contributed by atoms with Crippen molar-refractivity contribution in [1.29, 1.82) is 0 Å². The Morgan fingerprint density at radius 3 is 2.47 bits per heavy atom. The molecule has 1 aromatic carbocycles. The average Bonchev–Trinajstić information content (AvgIpc) is 2.31. The molecule has 106 valence electrons. The van der Waals surface area contributed by atoms with Gasteiger partial charge >= 0.3 is 0 Å². The maximum Gasteiger partial charge on any atom is 0.243 e. The van der Waals surface area contributed by atoms with Crippen molar-refractivity contribution in [3.63, 3.8) is 0 Å². The standard InChI is InChI=1S/C12H16BrFN2O2S/c13-8-1-6-12(11(14)7-8)19(17,18)16-10-4-2-9(15)3-5-10/h1,6-7,9-10,16H,2-5,15H2. The number of hydrogen-bond donors (Lipinski definition) is 2. The lowest BCUT2D eigenvalue weighted by Gasteiger charge is -2.26. The van der Waals surface area contributed by atoms with Gasteiger partial charge in [0, 0.05) is 16.6 Å². The van der Waals surface area contributed by atoms with Crippen molar-refractivity contribution in [2.75, 3.05) is 0 Å². The molecule has 1 fully saturated rings. The second-order valence-corrected chi connectivity index (χ2v) is 7.41. The van der Waals surface area contributed by atoms with Gasteiger partial charge in [0.25, 0.3) is 0 Å². The lowest BCUT2D eigenvalue weighted by molar-refractivity contribution is 0.373. The summed E-state index contributed by atoms with van der Waals surface area (Å²) in [4.78, 5) is -0.314. The molecule has 1 aromatic rings. The van der Waals surface area contributed by atoms with Crippen molar-refractivity contribution in [3.8, 4) is 0 Å². The van der Waals surface area contributed by atoms with Gasteiger partial charge < -0.3 is 5.73 Å². The van der Waals surface area contributed by atoms with Crippen LogP contribution in [0.3, 0.4) is 0 Å². The van der Waals surface area contributed by atoms with E-state index in [2.05, 4.69) is 20.7 Å². The third kappa shape index (κ3) is 3.75. The molecule has 0 saturated heterocycles. The molecule has 1 aliphatic carbocycles. The van der Waals surface area contributed by atoms with Crippen molar-refractivity contribution < 1.29 is 12.8 Å². The summed E-state index contributed by atoms with van der Waals surface area (Å²) in [5.41, 5.74) is 5.77. The quantitative estimate of drug-likeness (QED) is 0.876. The summed E-state index contributed by atoms with van der Waals surface area (Å²) in [6.07, 6.45) is 2.96. The van der Waals surface area contributed by atoms with Crippen LogP contribution < -0.4 is 10.5 Å². The molecular formula is C12H16BrFN2O2S. The lowest BCUT2D eigenvalue weighted by atomic mass is 9.93. The normalized spacial score (nSPS) is 24.4. The molecule has 0 radical (unpaired) electrons. The Hall–Kier alpha value is -0.500. The van der Waals surface area contributed by atoms with Crippen LogP contribution in [0.1, 0.15) is 25.7 Å². The van der Waals surface area contributed by atoms with Gasteiger partial charge in [-0.2, -0.15) is 0 Å². The summed E-state index contributed by atoms with van der Waals surface area (Å²) in [7, 11) is -3.81. The summed E-state index contributed by atoms with van der Waals surface area (Å²) in [5.74, 6) is -0.755. The Balaban J connectivity index is 2.14. The first-order valence-corrected chi connectivity index (χ1v) is 8.39. The molecule has 0 atom stereocenters. The number of hydrogen-bond acceptors (Lipinski definition) is 3. The number of benzene rings is 1. The Morgan fingerprint density at radius 2 is 1.89 bits per heavy atom. The van der Waals surface area contributed by atoms with E-state index in [1.54, 1.807) is 0 Å². The van der Waals surface area contributed by atoms with E-state index in [0.29, 0.717) is 17.3 Å². The highest BCUT2D eigenvalue weighted by Crippen LogP contribution is 2.22. The highest BCUT2D eigenvalue weighted by atomic mass is 79.9. The lowest BCUT2D eigenvalue weighted by Crippen LogP contribution is -2.40. The molecular weight excluding hydrogens is 335 g/mol. The van der Waals surface area contributed by atoms with Crippen molar-refractivity contribution >= 4 is 26.0 Å². The van der Waals surface area contributed by atoms with E-state index in [1.807, 2.05) is 0 Å². The predicted octanol–water partition coefficient (Wildman–Crippen LogP) is 2.14. The van der Waals surface area contributed by atoms with Gasteiger partial charge in [0.05, 0.1) is 0 Å². The third-order valence-electron chi connectivity index (χ3n) is 3.28. The van der Waals surface area contributed by atoms with E-state index in [1.165, 1.54) is 12.1 Å². The van der Waals surface area contributed by atoms with Crippen LogP contribution in [0.4, 0.5) is 4.39 Å². The fourth-order valence-electron chi connectivity index (χ4n) is 2.21. The molecule has 0 spiro atoms. The Labute approximate surface area is 120 Å². The fraction of sp³-hybridized carbons (Fsp3) is 0.500. The minimum atomic E-state index is -3.81. The first-order valence-electron chi connectivity index (χ1n) is 6.11. The predicted molar refractivity (Wildman–Crippen MR) is 74.7 cm³/mol. The molecule has 4 nitrogen and oxygen atoms in total. The molecule has 1 saturated carbocycles. The minimum Gasteiger partial charge on any atom is -0.328 e. The van der Waals surface area contributed by atoms with Crippen LogP contribution in [0.2, 0.25) is 0 Å². The van der Waals surface area contributed by atoms with E-state index >= 15 is 0 Å². The largest absolute Gasteiger partial charge is 0.328 e.